The zero-order valence-corrected chi connectivity index (χ0v) is 19.9. The number of ether oxygens (including phenoxy) is 2. The van der Waals surface area contributed by atoms with E-state index in [0.717, 1.165) is 44.5 Å². The monoisotopic (exact) mass is 455 g/mol. The van der Waals surface area contributed by atoms with Crippen molar-refractivity contribution < 1.29 is 18.7 Å². The van der Waals surface area contributed by atoms with Crippen molar-refractivity contribution in [3.05, 3.63) is 90.2 Å². The minimum atomic E-state index is -0.156. The van der Waals surface area contributed by atoms with Gasteiger partial charge < -0.3 is 19.2 Å². The number of rotatable bonds is 8. The summed E-state index contributed by atoms with van der Waals surface area (Å²) >= 11 is 0. The largest absolute Gasteiger partial charge is 0.497 e. The predicted molar refractivity (Wildman–Crippen MR) is 136 cm³/mol. The average molecular weight is 456 g/mol. The first-order valence-electron chi connectivity index (χ1n) is 11.4. The maximum absolute atomic E-state index is 12.8. The summed E-state index contributed by atoms with van der Waals surface area (Å²) in [6.45, 7) is 6.33. The smallest absolute Gasteiger partial charge is 0.244 e. The number of hydrogen-bond acceptors (Lipinski definition) is 4. The normalized spacial score (nSPS) is 12.4. The van der Waals surface area contributed by atoms with Crippen LogP contribution in [-0.2, 0) is 4.79 Å². The summed E-state index contributed by atoms with van der Waals surface area (Å²) < 4.78 is 17.1. The molecule has 0 aliphatic heterocycles. The summed E-state index contributed by atoms with van der Waals surface area (Å²) in [5.41, 5.74) is 5.38. The van der Waals surface area contributed by atoms with Crippen LogP contribution in [0.5, 0.6) is 11.5 Å². The van der Waals surface area contributed by atoms with Gasteiger partial charge in [-0.05, 0) is 55.7 Å². The van der Waals surface area contributed by atoms with Gasteiger partial charge in [0.1, 0.15) is 17.1 Å². The Labute approximate surface area is 200 Å². The lowest BCUT2D eigenvalue weighted by Crippen LogP contribution is -2.24. The fraction of sp³-hybridized carbons (Fsp3) is 0.207. The van der Waals surface area contributed by atoms with Crippen molar-refractivity contribution in [2.75, 3.05) is 13.7 Å². The van der Waals surface area contributed by atoms with E-state index in [-0.39, 0.29) is 11.9 Å². The molecule has 174 valence electrons. The molecule has 4 rings (SSSR count). The number of hydrogen-bond donors (Lipinski definition) is 1. The molecule has 1 atom stereocenters. The molecule has 1 amide bonds. The molecule has 0 aliphatic carbocycles. The molecular formula is C29H29NO4. The quantitative estimate of drug-likeness (QED) is 0.297. The van der Waals surface area contributed by atoms with Gasteiger partial charge in [0.2, 0.25) is 5.91 Å². The van der Waals surface area contributed by atoms with Crippen molar-refractivity contribution in [1.82, 2.24) is 5.32 Å². The number of carbonyl (C=O) groups is 1. The lowest BCUT2D eigenvalue weighted by atomic mass is 9.99. The topological polar surface area (TPSA) is 60.7 Å². The highest BCUT2D eigenvalue weighted by molar-refractivity contribution is 6.00. The van der Waals surface area contributed by atoms with E-state index in [1.807, 2.05) is 87.5 Å². The summed E-state index contributed by atoms with van der Waals surface area (Å²) in [5, 5.41) is 3.98. The molecule has 0 aliphatic rings. The maximum Gasteiger partial charge on any atom is 0.244 e. The van der Waals surface area contributed by atoms with Crippen LogP contribution < -0.4 is 14.8 Å². The van der Waals surface area contributed by atoms with Gasteiger partial charge in [0, 0.05) is 28.7 Å². The number of benzene rings is 3. The van der Waals surface area contributed by atoms with Crippen molar-refractivity contribution >= 4 is 22.4 Å². The molecule has 1 unspecified atom stereocenters. The van der Waals surface area contributed by atoms with Crippen LogP contribution in [-0.4, -0.2) is 19.6 Å². The first-order chi connectivity index (χ1) is 16.5. The van der Waals surface area contributed by atoms with Crippen LogP contribution in [0, 0.1) is 0 Å². The fourth-order valence-corrected chi connectivity index (χ4v) is 4.01. The fourth-order valence-electron chi connectivity index (χ4n) is 4.01. The van der Waals surface area contributed by atoms with Gasteiger partial charge in [-0.15, -0.1) is 0 Å². The molecule has 0 radical (unpaired) electrons. The molecule has 0 bridgehead atoms. The third-order valence-corrected chi connectivity index (χ3v) is 5.79. The van der Waals surface area contributed by atoms with Gasteiger partial charge in [-0.3, -0.25) is 4.79 Å². The van der Waals surface area contributed by atoms with E-state index in [9.17, 15) is 4.79 Å². The number of methoxy groups -OCH3 is 1. The van der Waals surface area contributed by atoms with Gasteiger partial charge in [-0.25, -0.2) is 0 Å². The van der Waals surface area contributed by atoms with Crippen LogP contribution in [0.1, 0.15) is 37.9 Å². The Bertz CT molecular complexity index is 1320. The maximum atomic E-state index is 12.8. The zero-order chi connectivity index (χ0) is 24.1. The van der Waals surface area contributed by atoms with Crippen LogP contribution >= 0.6 is 0 Å². The second-order valence-corrected chi connectivity index (χ2v) is 8.13. The van der Waals surface area contributed by atoms with E-state index < -0.39 is 0 Å². The molecule has 0 spiro atoms. The Morgan fingerprint density at radius 1 is 1.09 bits per heavy atom. The van der Waals surface area contributed by atoms with Crippen molar-refractivity contribution in [3.8, 4) is 22.6 Å². The van der Waals surface area contributed by atoms with E-state index in [4.69, 9.17) is 13.9 Å². The van der Waals surface area contributed by atoms with E-state index in [0.29, 0.717) is 12.4 Å². The van der Waals surface area contributed by atoms with Crippen LogP contribution in [0.2, 0.25) is 0 Å². The Morgan fingerprint density at radius 3 is 2.62 bits per heavy atom. The number of carbonyl (C=O) groups excluding carboxylic acids is 1. The predicted octanol–water partition coefficient (Wildman–Crippen LogP) is 6.79. The first kappa shape index (κ1) is 23.2. The highest BCUT2D eigenvalue weighted by Crippen LogP contribution is 2.38. The molecule has 1 heterocycles. The van der Waals surface area contributed by atoms with Crippen LogP contribution in [0.15, 0.2) is 83.5 Å². The summed E-state index contributed by atoms with van der Waals surface area (Å²) in [6, 6.07) is 21.6. The molecule has 0 saturated heterocycles. The van der Waals surface area contributed by atoms with Crippen LogP contribution in [0.3, 0.4) is 0 Å². The summed E-state index contributed by atoms with van der Waals surface area (Å²) in [6.07, 6.45) is 3.36. The summed E-state index contributed by atoms with van der Waals surface area (Å²) in [7, 11) is 1.65. The van der Waals surface area contributed by atoms with Crippen molar-refractivity contribution in [3.63, 3.8) is 0 Å². The molecular weight excluding hydrogens is 426 g/mol. The van der Waals surface area contributed by atoms with Gasteiger partial charge in [-0.1, -0.05) is 42.5 Å². The standard InChI is InChI=1S/C29H29NO4/c1-5-33-27-17-28-25(26(18-34-28)22-12-9-13-23(15-22)32-4)16-24(27)19(2)14-29(31)30-20(3)21-10-7-6-8-11-21/h6-18,20H,5H2,1-4H3,(H,30,31)/b19-14+. The summed E-state index contributed by atoms with van der Waals surface area (Å²) in [5.74, 6) is 1.30. The van der Waals surface area contributed by atoms with E-state index in [1.54, 1.807) is 19.4 Å². The Kier molecular flexibility index (Phi) is 7.02. The molecule has 5 heteroatoms. The Balaban J connectivity index is 1.69. The highest BCUT2D eigenvalue weighted by Gasteiger charge is 2.16. The number of allylic oxidation sites excluding steroid dienone is 1. The molecule has 34 heavy (non-hydrogen) atoms. The molecule has 1 aromatic heterocycles. The number of amides is 1. The minimum Gasteiger partial charge on any atom is -0.497 e. The van der Waals surface area contributed by atoms with Crippen LogP contribution in [0.25, 0.3) is 27.7 Å². The van der Waals surface area contributed by atoms with E-state index >= 15 is 0 Å². The third kappa shape index (κ3) is 4.99. The molecule has 0 fully saturated rings. The third-order valence-electron chi connectivity index (χ3n) is 5.79. The van der Waals surface area contributed by atoms with Gasteiger partial charge in [-0.2, -0.15) is 0 Å². The highest BCUT2D eigenvalue weighted by atomic mass is 16.5. The van der Waals surface area contributed by atoms with Gasteiger partial charge in [0.25, 0.3) is 0 Å². The Morgan fingerprint density at radius 2 is 1.88 bits per heavy atom. The lowest BCUT2D eigenvalue weighted by molar-refractivity contribution is -0.117. The lowest BCUT2D eigenvalue weighted by Gasteiger charge is -2.14. The van der Waals surface area contributed by atoms with Crippen molar-refractivity contribution in [1.29, 1.82) is 0 Å². The second-order valence-electron chi connectivity index (χ2n) is 8.13. The number of nitrogens with one attached hydrogen (secondary N) is 1. The van der Waals surface area contributed by atoms with Crippen LogP contribution in [0.4, 0.5) is 0 Å². The molecule has 3 aromatic carbocycles. The summed E-state index contributed by atoms with van der Waals surface area (Å²) in [4.78, 5) is 12.8. The minimum absolute atomic E-state index is 0.0971. The van der Waals surface area contributed by atoms with E-state index in [2.05, 4.69) is 5.32 Å². The van der Waals surface area contributed by atoms with E-state index in [1.165, 1.54) is 0 Å². The Hall–Kier alpha value is -3.99. The molecule has 5 nitrogen and oxygen atoms in total. The second kappa shape index (κ2) is 10.3. The molecule has 0 saturated carbocycles. The number of fused-ring (bicyclic) bond motifs is 1. The SMILES string of the molecule is CCOc1cc2occ(-c3cccc(OC)c3)c2cc1/C(C)=C/C(=O)NC(C)c1ccccc1. The zero-order valence-electron chi connectivity index (χ0n) is 19.9. The average Bonchev–Trinajstić information content (AvgIpc) is 3.27. The van der Waals surface area contributed by atoms with Gasteiger partial charge in [0.15, 0.2) is 0 Å². The first-order valence-corrected chi connectivity index (χ1v) is 11.4. The van der Waals surface area contributed by atoms with Gasteiger partial charge >= 0.3 is 0 Å². The molecule has 1 N–H and O–H groups in total. The number of furan rings is 1. The van der Waals surface area contributed by atoms with Crippen molar-refractivity contribution in [2.24, 2.45) is 0 Å². The molecule has 4 aromatic rings. The van der Waals surface area contributed by atoms with Crippen molar-refractivity contribution in [2.45, 2.75) is 26.8 Å². The van der Waals surface area contributed by atoms with Gasteiger partial charge in [0.05, 0.1) is 26.0 Å².